The number of rotatable bonds is 11. The topological polar surface area (TPSA) is 64.0 Å². The van der Waals surface area contributed by atoms with Gasteiger partial charge >= 0.3 is 0 Å². The number of hydrogen-bond donors (Lipinski definition) is 0. The van der Waals surface area contributed by atoms with E-state index in [0.29, 0.717) is 48.3 Å². The fourth-order valence-corrected chi connectivity index (χ4v) is 4.78. The molecule has 38 heavy (non-hydrogen) atoms. The highest BCUT2D eigenvalue weighted by Gasteiger charge is 2.26. The van der Waals surface area contributed by atoms with Gasteiger partial charge in [-0.3, -0.25) is 9.59 Å². The molecule has 0 saturated carbocycles. The molecule has 4 rings (SSSR count). The van der Waals surface area contributed by atoms with Gasteiger partial charge in [0.2, 0.25) is 12.7 Å². The van der Waals surface area contributed by atoms with Crippen LogP contribution in [-0.4, -0.2) is 52.6 Å². The Balaban J connectivity index is 1.52. The number of carbonyl (C=O) groups is 2. The first-order chi connectivity index (χ1) is 18.2. The van der Waals surface area contributed by atoms with Crippen LogP contribution in [0.15, 0.2) is 60.8 Å². The van der Waals surface area contributed by atoms with Gasteiger partial charge in [-0.05, 0) is 53.8 Å². The lowest BCUT2D eigenvalue weighted by molar-refractivity contribution is -0.133. The zero-order valence-corrected chi connectivity index (χ0v) is 23.3. The summed E-state index contributed by atoms with van der Waals surface area (Å²) in [6.45, 7) is 10.5. The maximum atomic E-state index is 13.7. The number of halogens is 1. The SMILES string of the molecule is CC(C)CN(Cc1cccn1Cc1ccccc1Cl)C(=O)CN(CC(C)C)C(=O)c1ccc2c(c1)OCO2. The Kier molecular flexibility index (Phi) is 9.00. The number of carbonyl (C=O) groups excluding carboxylic acids is 2. The second-order valence-corrected chi connectivity index (χ2v) is 10.9. The Morgan fingerprint density at radius 3 is 2.37 bits per heavy atom. The predicted molar refractivity (Wildman–Crippen MR) is 149 cm³/mol. The molecule has 0 saturated heterocycles. The third-order valence-corrected chi connectivity index (χ3v) is 6.70. The van der Waals surface area contributed by atoms with Crippen LogP contribution in [0.25, 0.3) is 0 Å². The molecule has 2 amide bonds. The zero-order valence-electron chi connectivity index (χ0n) is 22.5. The average Bonchev–Trinajstić information content (AvgIpc) is 3.52. The number of amides is 2. The maximum absolute atomic E-state index is 13.7. The summed E-state index contributed by atoms with van der Waals surface area (Å²) >= 11 is 6.40. The summed E-state index contributed by atoms with van der Waals surface area (Å²) in [5.41, 5.74) is 2.51. The van der Waals surface area contributed by atoms with E-state index in [1.54, 1.807) is 23.1 Å². The Hall–Kier alpha value is -3.45. The van der Waals surface area contributed by atoms with E-state index < -0.39 is 0 Å². The third kappa shape index (κ3) is 6.90. The molecule has 0 fully saturated rings. The van der Waals surface area contributed by atoms with Gasteiger partial charge in [0.25, 0.3) is 5.91 Å². The Morgan fingerprint density at radius 2 is 1.63 bits per heavy atom. The van der Waals surface area contributed by atoms with E-state index >= 15 is 0 Å². The van der Waals surface area contributed by atoms with Gasteiger partial charge in [0.05, 0.1) is 6.54 Å². The smallest absolute Gasteiger partial charge is 0.254 e. The molecule has 3 aromatic rings. The van der Waals surface area contributed by atoms with Gasteiger partial charge in [-0.15, -0.1) is 0 Å². The summed E-state index contributed by atoms with van der Waals surface area (Å²) in [6.07, 6.45) is 2.00. The van der Waals surface area contributed by atoms with Crippen molar-refractivity contribution in [2.24, 2.45) is 11.8 Å². The van der Waals surface area contributed by atoms with Crippen molar-refractivity contribution in [2.45, 2.75) is 40.8 Å². The highest BCUT2D eigenvalue weighted by molar-refractivity contribution is 6.31. The number of ether oxygens (including phenoxy) is 2. The Labute approximate surface area is 229 Å². The third-order valence-electron chi connectivity index (χ3n) is 6.33. The summed E-state index contributed by atoms with van der Waals surface area (Å²) in [6, 6.07) is 16.9. The van der Waals surface area contributed by atoms with Crippen LogP contribution >= 0.6 is 11.6 Å². The highest BCUT2D eigenvalue weighted by atomic mass is 35.5. The van der Waals surface area contributed by atoms with E-state index in [4.69, 9.17) is 21.1 Å². The molecule has 0 N–H and O–H groups in total. The van der Waals surface area contributed by atoms with Crippen LogP contribution in [0, 0.1) is 11.8 Å². The molecular weight excluding hydrogens is 502 g/mol. The van der Waals surface area contributed by atoms with Crippen molar-refractivity contribution in [3.63, 3.8) is 0 Å². The van der Waals surface area contributed by atoms with Crippen molar-refractivity contribution >= 4 is 23.4 Å². The Morgan fingerprint density at radius 1 is 0.921 bits per heavy atom. The van der Waals surface area contributed by atoms with Crippen molar-refractivity contribution in [3.05, 3.63) is 82.6 Å². The van der Waals surface area contributed by atoms with Crippen LogP contribution in [0.3, 0.4) is 0 Å². The van der Waals surface area contributed by atoms with Gasteiger partial charge in [0.15, 0.2) is 11.5 Å². The summed E-state index contributed by atoms with van der Waals surface area (Å²) < 4.78 is 12.9. The van der Waals surface area contributed by atoms with Gasteiger partial charge in [0.1, 0.15) is 6.54 Å². The quantitative estimate of drug-likeness (QED) is 0.315. The van der Waals surface area contributed by atoms with Crippen LogP contribution < -0.4 is 9.47 Å². The second-order valence-electron chi connectivity index (χ2n) is 10.5. The molecule has 0 unspecified atom stereocenters. The molecule has 0 aliphatic carbocycles. The molecule has 0 spiro atoms. The first kappa shape index (κ1) is 27.6. The van der Waals surface area contributed by atoms with Crippen molar-refractivity contribution in [3.8, 4) is 11.5 Å². The van der Waals surface area contributed by atoms with Gasteiger partial charge in [-0.1, -0.05) is 57.5 Å². The molecule has 0 atom stereocenters. The van der Waals surface area contributed by atoms with E-state index in [1.165, 1.54) is 0 Å². The maximum Gasteiger partial charge on any atom is 0.254 e. The van der Waals surface area contributed by atoms with E-state index in [1.807, 2.05) is 61.3 Å². The lowest BCUT2D eigenvalue weighted by Gasteiger charge is -2.30. The molecule has 2 heterocycles. The van der Waals surface area contributed by atoms with Crippen LogP contribution in [-0.2, 0) is 17.9 Å². The zero-order chi connectivity index (χ0) is 27.2. The summed E-state index contributed by atoms with van der Waals surface area (Å²) in [5.74, 6) is 1.36. The van der Waals surface area contributed by atoms with Gasteiger partial charge in [0, 0.05) is 42.1 Å². The molecule has 1 aliphatic rings. The van der Waals surface area contributed by atoms with E-state index in [0.717, 1.165) is 11.3 Å². The van der Waals surface area contributed by atoms with E-state index in [-0.39, 0.29) is 37.0 Å². The van der Waals surface area contributed by atoms with Crippen LogP contribution in [0.1, 0.15) is 49.3 Å². The minimum absolute atomic E-state index is 0.00337. The van der Waals surface area contributed by atoms with Gasteiger partial charge in [-0.2, -0.15) is 0 Å². The molecule has 202 valence electrons. The largest absolute Gasteiger partial charge is 0.454 e. The molecule has 1 aliphatic heterocycles. The van der Waals surface area contributed by atoms with E-state index in [2.05, 4.69) is 18.4 Å². The lowest BCUT2D eigenvalue weighted by atomic mass is 10.1. The fourth-order valence-electron chi connectivity index (χ4n) is 4.58. The fraction of sp³-hybridized carbons (Fsp3) is 0.400. The number of nitrogens with zero attached hydrogens (tertiary/aromatic N) is 3. The van der Waals surface area contributed by atoms with Gasteiger partial charge < -0.3 is 23.8 Å². The first-order valence-electron chi connectivity index (χ1n) is 13.1. The van der Waals surface area contributed by atoms with Crippen molar-refractivity contribution in [1.82, 2.24) is 14.4 Å². The van der Waals surface area contributed by atoms with Crippen LogP contribution in [0.4, 0.5) is 0 Å². The second kappa shape index (κ2) is 12.4. The number of aromatic nitrogens is 1. The molecule has 0 bridgehead atoms. The molecule has 7 nitrogen and oxygen atoms in total. The monoisotopic (exact) mass is 537 g/mol. The summed E-state index contributed by atoms with van der Waals surface area (Å²) in [4.78, 5) is 30.7. The summed E-state index contributed by atoms with van der Waals surface area (Å²) in [5, 5.41) is 0.716. The minimum Gasteiger partial charge on any atom is -0.454 e. The first-order valence-corrected chi connectivity index (χ1v) is 13.4. The Bertz CT molecular complexity index is 1270. The van der Waals surface area contributed by atoms with E-state index in [9.17, 15) is 9.59 Å². The highest BCUT2D eigenvalue weighted by Crippen LogP contribution is 2.33. The molecule has 2 aromatic carbocycles. The normalized spacial score (nSPS) is 12.3. The average molecular weight is 538 g/mol. The van der Waals surface area contributed by atoms with Crippen molar-refractivity contribution in [1.29, 1.82) is 0 Å². The molecule has 8 heteroatoms. The molecule has 1 aromatic heterocycles. The number of hydrogen-bond acceptors (Lipinski definition) is 4. The standard InChI is InChI=1S/C30H36ClN3O4/c1-21(2)15-33(18-25-9-7-13-32(25)17-24-8-5-6-10-26(24)31)29(35)19-34(16-22(3)4)30(36)23-11-12-27-28(14-23)38-20-37-27/h5-14,21-22H,15-20H2,1-4H3. The number of benzene rings is 2. The van der Waals surface area contributed by atoms with Crippen molar-refractivity contribution in [2.75, 3.05) is 26.4 Å². The molecule has 0 radical (unpaired) electrons. The van der Waals surface area contributed by atoms with Crippen LogP contribution in [0.5, 0.6) is 11.5 Å². The summed E-state index contributed by atoms with van der Waals surface area (Å²) in [7, 11) is 0. The minimum atomic E-state index is -0.197. The predicted octanol–water partition coefficient (Wildman–Crippen LogP) is 5.70. The van der Waals surface area contributed by atoms with Crippen LogP contribution in [0.2, 0.25) is 5.02 Å². The lowest BCUT2D eigenvalue weighted by Crippen LogP contribution is -2.45. The molecular formula is C30H36ClN3O4. The van der Waals surface area contributed by atoms with Gasteiger partial charge in [-0.25, -0.2) is 0 Å². The van der Waals surface area contributed by atoms with Crippen molar-refractivity contribution < 1.29 is 19.1 Å². The number of fused-ring (bicyclic) bond motifs is 1.